The lowest BCUT2D eigenvalue weighted by molar-refractivity contribution is -0.384. The highest BCUT2D eigenvalue weighted by Crippen LogP contribution is 2.35. The monoisotopic (exact) mass is 390 g/mol. The maximum Gasteiger partial charge on any atom is 0.270 e. The second-order valence-corrected chi connectivity index (χ2v) is 6.46. The van der Waals surface area contributed by atoms with Gasteiger partial charge in [-0.1, -0.05) is 0 Å². The minimum atomic E-state index is -0.619. The van der Waals surface area contributed by atoms with Gasteiger partial charge < -0.3 is 14.8 Å². The van der Waals surface area contributed by atoms with Crippen molar-refractivity contribution in [2.45, 2.75) is 26.3 Å². The fourth-order valence-corrected chi connectivity index (χ4v) is 2.57. The first kappa shape index (κ1) is 21.3. The highest BCUT2D eigenvalue weighted by atomic mass is 19.1. The van der Waals surface area contributed by atoms with Crippen molar-refractivity contribution in [1.29, 1.82) is 0 Å². The van der Waals surface area contributed by atoms with Gasteiger partial charge in [0.1, 0.15) is 11.6 Å². The third-order valence-corrected chi connectivity index (χ3v) is 3.86. The Labute approximate surface area is 162 Å². The molecule has 0 aliphatic rings. The van der Waals surface area contributed by atoms with Gasteiger partial charge in [0.25, 0.3) is 11.6 Å². The number of hydrogen-bond acceptors (Lipinski definition) is 5. The molecular formula is C20H23FN2O5. The van der Waals surface area contributed by atoms with E-state index >= 15 is 0 Å². The van der Waals surface area contributed by atoms with Gasteiger partial charge >= 0.3 is 0 Å². The van der Waals surface area contributed by atoms with E-state index in [1.807, 2.05) is 13.8 Å². The van der Waals surface area contributed by atoms with Crippen LogP contribution < -0.4 is 10.1 Å². The molecule has 0 saturated carbocycles. The zero-order chi connectivity index (χ0) is 20.7. The van der Waals surface area contributed by atoms with Crippen LogP contribution in [0.3, 0.4) is 0 Å². The van der Waals surface area contributed by atoms with E-state index < -0.39 is 10.7 Å². The number of nitro groups is 1. The van der Waals surface area contributed by atoms with E-state index in [1.54, 1.807) is 7.11 Å². The number of methoxy groups -OCH3 is 1. The van der Waals surface area contributed by atoms with Gasteiger partial charge in [-0.3, -0.25) is 14.9 Å². The highest BCUT2D eigenvalue weighted by molar-refractivity contribution is 5.95. The molecule has 2 rings (SSSR count). The molecule has 28 heavy (non-hydrogen) atoms. The summed E-state index contributed by atoms with van der Waals surface area (Å²) < 4.78 is 25.1. The fraction of sp³-hybridized carbons (Fsp3) is 0.350. The highest BCUT2D eigenvalue weighted by Gasteiger charge is 2.18. The van der Waals surface area contributed by atoms with E-state index in [0.717, 1.165) is 18.2 Å². The van der Waals surface area contributed by atoms with E-state index in [2.05, 4.69) is 5.32 Å². The van der Waals surface area contributed by atoms with Crippen LogP contribution in [0.15, 0.2) is 36.4 Å². The van der Waals surface area contributed by atoms with Crippen LogP contribution in [0.2, 0.25) is 0 Å². The number of amides is 1. The Balaban J connectivity index is 2.45. The minimum Gasteiger partial charge on any atom is -0.493 e. The van der Waals surface area contributed by atoms with Crippen molar-refractivity contribution >= 4 is 11.6 Å². The summed E-state index contributed by atoms with van der Waals surface area (Å²) >= 11 is 0. The smallest absolute Gasteiger partial charge is 0.270 e. The largest absolute Gasteiger partial charge is 0.493 e. The Hall–Kier alpha value is -3.00. The van der Waals surface area contributed by atoms with E-state index in [0.29, 0.717) is 24.2 Å². The van der Waals surface area contributed by atoms with Crippen LogP contribution in [0.5, 0.6) is 5.75 Å². The molecule has 150 valence electrons. The first-order valence-corrected chi connectivity index (χ1v) is 8.84. The molecule has 7 nitrogen and oxygen atoms in total. The average Bonchev–Trinajstić information content (AvgIpc) is 2.65. The molecule has 2 aromatic rings. The zero-order valence-corrected chi connectivity index (χ0v) is 16.0. The second-order valence-electron chi connectivity index (χ2n) is 6.46. The first-order valence-electron chi connectivity index (χ1n) is 8.84. The molecule has 0 aromatic heterocycles. The van der Waals surface area contributed by atoms with Gasteiger partial charge in [-0.05, 0) is 38.1 Å². The van der Waals surface area contributed by atoms with Crippen LogP contribution in [0, 0.1) is 15.9 Å². The summed E-state index contributed by atoms with van der Waals surface area (Å²) in [4.78, 5) is 22.8. The van der Waals surface area contributed by atoms with Crippen molar-refractivity contribution in [3.05, 3.63) is 57.9 Å². The van der Waals surface area contributed by atoms with Crippen molar-refractivity contribution in [3.8, 4) is 16.9 Å². The predicted octanol–water partition coefficient (Wildman–Crippen LogP) is 3.95. The van der Waals surface area contributed by atoms with Gasteiger partial charge in [0, 0.05) is 55.0 Å². The fourth-order valence-electron chi connectivity index (χ4n) is 2.57. The Morgan fingerprint density at radius 3 is 2.57 bits per heavy atom. The van der Waals surface area contributed by atoms with E-state index in [9.17, 15) is 19.3 Å². The van der Waals surface area contributed by atoms with E-state index in [4.69, 9.17) is 9.47 Å². The van der Waals surface area contributed by atoms with Gasteiger partial charge in [0.15, 0.2) is 0 Å². The molecule has 0 atom stereocenters. The number of nitro benzene ring substituents is 1. The summed E-state index contributed by atoms with van der Waals surface area (Å²) in [7, 11) is 1.57. The standard InChI is InChI=1S/C20H23FN2O5/c1-13(2)22-20(24)14-5-7-16(19(11-14)28-10-4-9-27-3)17-12-15(23(25)26)6-8-18(17)21/h5-8,11-13H,4,9-10H2,1-3H3,(H,22,24). The average molecular weight is 390 g/mol. The molecule has 0 aliphatic heterocycles. The maximum absolute atomic E-state index is 14.4. The van der Waals surface area contributed by atoms with E-state index in [1.165, 1.54) is 18.2 Å². The summed E-state index contributed by atoms with van der Waals surface area (Å²) in [5.41, 5.74) is 0.486. The van der Waals surface area contributed by atoms with Gasteiger partial charge in [-0.25, -0.2) is 4.39 Å². The van der Waals surface area contributed by atoms with Crippen molar-refractivity contribution in [3.63, 3.8) is 0 Å². The number of hydrogen-bond donors (Lipinski definition) is 1. The number of carbonyl (C=O) groups excluding carboxylic acids is 1. The normalized spacial score (nSPS) is 10.8. The SMILES string of the molecule is COCCCOc1cc(C(=O)NC(C)C)ccc1-c1cc([N+](=O)[O-])ccc1F. The van der Waals surface area contributed by atoms with Crippen LogP contribution in [0.1, 0.15) is 30.6 Å². The number of rotatable bonds is 9. The predicted molar refractivity (Wildman–Crippen MR) is 103 cm³/mol. The lowest BCUT2D eigenvalue weighted by atomic mass is 10.0. The lowest BCUT2D eigenvalue weighted by Crippen LogP contribution is -2.30. The van der Waals surface area contributed by atoms with Crippen LogP contribution in [-0.4, -0.2) is 37.2 Å². The van der Waals surface area contributed by atoms with Crippen molar-refractivity contribution in [1.82, 2.24) is 5.32 Å². The third kappa shape index (κ3) is 5.50. The Bertz CT molecular complexity index is 854. The molecule has 2 aromatic carbocycles. The number of halogens is 1. The molecular weight excluding hydrogens is 367 g/mol. The zero-order valence-electron chi connectivity index (χ0n) is 16.0. The molecule has 0 bridgehead atoms. The first-order chi connectivity index (χ1) is 13.3. The third-order valence-electron chi connectivity index (χ3n) is 3.86. The molecule has 0 fully saturated rings. The molecule has 1 N–H and O–H groups in total. The summed E-state index contributed by atoms with van der Waals surface area (Å²) in [5.74, 6) is -0.638. The maximum atomic E-state index is 14.4. The lowest BCUT2D eigenvalue weighted by Gasteiger charge is -2.15. The molecule has 0 spiro atoms. The minimum absolute atomic E-state index is 0.0340. The Morgan fingerprint density at radius 2 is 1.93 bits per heavy atom. The van der Waals surface area contributed by atoms with Gasteiger partial charge in [0.05, 0.1) is 11.5 Å². The van der Waals surface area contributed by atoms with Crippen LogP contribution >= 0.6 is 0 Å². The van der Waals surface area contributed by atoms with Crippen molar-refractivity contribution in [2.24, 2.45) is 0 Å². The van der Waals surface area contributed by atoms with E-state index in [-0.39, 0.29) is 35.6 Å². The summed E-state index contributed by atoms with van der Waals surface area (Å²) in [5, 5.41) is 13.8. The van der Waals surface area contributed by atoms with Crippen LogP contribution in [0.4, 0.5) is 10.1 Å². The number of carbonyl (C=O) groups is 1. The number of nitrogens with zero attached hydrogens (tertiary/aromatic N) is 1. The van der Waals surface area contributed by atoms with Crippen molar-refractivity contribution < 1.29 is 23.6 Å². The molecule has 0 heterocycles. The van der Waals surface area contributed by atoms with Gasteiger partial charge in [0.2, 0.25) is 0 Å². The van der Waals surface area contributed by atoms with Crippen LogP contribution in [0.25, 0.3) is 11.1 Å². The summed E-state index contributed by atoms with van der Waals surface area (Å²) in [6, 6.07) is 7.83. The van der Waals surface area contributed by atoms with Crippen molar-refractivity contribution in [2.75, 3.05) is 20.3 Å². The van der Waals surface area contributed by atoms with Gasteiger partial charge in [-0.15, -0.1) is 0 Å². The molecule has 8 heteroatoms. The molecule has 0 radical (unpaired) electrons. The van der Waals surface area contributed by atoms with Crippen LogP contribution in [-0.2, 0) is 4.74 Å². The Kier molecular flexibility index (Phi) is 7.45. The number of ether oxygens (including phenoxy) is 2. The quantitative estimate of drug-likeness (QED) is 0.398. The Morgan fingerprint density at radius 1 is 1.18 bits per heavy atom. The summed E-state index contributed by atoms with van der Waals surface area (Å²) in [6.07, 6.45) is 0.593. The molecule has 0 unspecified atom stereocenters. The number of benzene rings is 2. The summed E-state index contributed by atoms with van der Waals surface area (Å²) in [6.45, 7) is 4.44. The molecule has 1 amide bonds. The van der Waals surface area contributed by atoms with Gasteiger partial charge in [-0.2, -0.15) is 0 Å². The second kappa shape index (κ2) is 9.80. The number of nitrogens with one attached hydrogen (secondary N) is 1. The molecule has 0 aliphatic carbocycles. The topological polar surface area (TPSA) is 90.7 Å². The number of non-ortho nitro benzene ring substituents is 1. The molecule has 0 saturated heterocycles.